The fraction of sp³-hybridized carbons (Fsp3) is 0.261. The van der Waals surface area contributed by atoms with Gasteiger partial charge in [-0.1, -0.05) is 60.7 Å². The fourth-order valence-corrected chi connectivity index (χ4v) is 3.85. The molecule has 1 amide bonds. The Balaban J connectivity index is 2.44. The summed E-state index contributed by atoms with van der Waals surface area (Å²) < 4.78 is 18.7. The van der Waals surface area contributed by atoms with Gasteiger partial charge in [-0.2, -0.15) is 0 Å². The quantitative estimate of drug-likeness (QED) is 0.661. The molecule has 2 atom stereocenters. The predicted octanol–water partition coefficient (Wildman–Crippen LogP) is 5.44. The molecule has 2 aromatic rings. The Hall–Kier alpha value is -2.66. The van der Waals surface area contributed by atoms with Gasteiger partial charge < -0.3 is 10.1 Å². The predicted molar refractivity (Wildman–Crippen MR) is 114 cm³/mol. The summed E-state index contributed by atoms with van der Waals surface area (Å²) >= 11 is 0. The second-order valence-electron chi connectivity index (χ2n) is 7.38. The van der Waals surface area contributed by atoms with Crippen LogP contribution >= 0.6 is 0 Å². The van der Waals surface area contributed by atoms with Gasteiger partial charge in [-0.05, 0) is 51.5 Å². The number of amides is 1. The number of carbonyl (C=O) groups excluding carboxylic acids is 1. The number of carbonyl (C=O) groups is 1. The van der Waals surface area contributed by atoms with Crippen molar-refractivity contribution in [3.05, 3.63) is 89.4 Å². The summed E-state index contributed by atoms with van der Waals surface area (Å²) in [6.07, 6.45) is 2.69. The molecule has 0 aliphatic carbocycles. The highest BCUT2D eigenvalue weighted by Gasteiger charge is 2.26. The number of benzene rings is 2. The number of ether oxygens (including phenoxy) is 1. The van der Waals surface area contributed by atoms with Crippen molar-refractivity contribution in [1.29, 1.82) is 0 Å². The summed E-state index contributed by atoms with van der Waals surface area (Å²) in [5, 5.41) is 2.87. The van der Waals surface area contributed by atoms with E-state index in [4.69, 9.17) is 4.74 Å². The highest BCUT2D eigenvalue weighted by Crippen LogP contribution is 2.29. The van der Waals surface area contributed by atoms with Crippen molar-refractivity contribution in [2.45, 2.75) is 44.2 Å². The van der Waals surface area contributed by atoms with Gasteiger partial charge in [-0.25, -0.2) is 9.00 Å². The Bertz CT molecular complexity index is 865. The van der Waals surface area contributed by atoms with E-state index in [0.717, 1.165) is 11.1 Å². The third-order valence-electron chi connectivity index (χ3n) is 3.81. The van der Waals surface area contributed by atoms with E-state index in [1.165, 1.54) is 0 Å². The molecule has 0 heterocycles. The van der Waals surface area contributed by atoms with E-state index in [1.54, 1.807) is 32.9 Å². The summed E-state index contributed by atoms with van der Waals surface area (Å²) in [5.41, 5.74) is 1.26. The summed E-state index contributed by atoms with van der Waals surface area (Å²) in [4.78, 5) is 13.7. The molecule has 148 valence electrons. The minimum Gasteiger partial charge on any atom is -0.444 e. The first kappa shape index (κ1) is 21.6. The highest BCUT2D eigenvalue weighted by atomic mass is 32.2. The van der Waals surface area contributed by atoms with E-state index in [1.807, 2.05) is 61.5 Å². The van der Waals surface area contributed by atoms with Gasteiger partial charge in [0.25, 0.3) is 0 Å². The summed E-state index contributed by atoms with van der Waals surface area (Å²) in [5.74, 6) is 0. The molecule has 2 rings (SSSR count). The van der Waals surface area contributed by atoms with E-state index < -0.39 is 28.5 Å². The van der Waals surface area contributed by atoms with Gasteiger partial charge in [-0.3, -0.25) is 0 Å². The lowest BCUT2D eigenvalue weighted by atomic mass is 10.1. The van der Waals surface area contributed by atoms with Gasteiger partial charge in [0.1, 0.15) is 5.60 Å². The molecular weight excluding hydrogens is 370 g/mol. The van der Waals surface area contributed by atoms with Gasteiger partial charge >= 0.3 is 6.09 Å². The third-order valence-corrected chi connectivity index (χ3v) is 5.31. The van der Waals surface area contributed by atoms with Crippen LogP contribution in [0.2, 0.25) is 0 Å². The second-order valence-corrected chi connectivity index (χ2v) is 8.86. The molecular formula is C23H27NO3S. The molecule has 0 fully saturated rings. The topological polar surface area (TPSA) is 55.4 Å². The van der Waals surface area contributed by atoms with E-state index in [9.17, 15) is 9.00 Å². The Kier molecular flexibility index (Phi) is 7.35. The molecule has 0 spiro atoms. The maximum absolute atomic E-state index is 13.3. The lowest BCUT2D eigenvalue weighted by molar-refractivity contribution is 0.0513. The number of rotatable bonds is 6. The second kappa shape index (κ2) is 9.51. The Morgan fingerprint density at radius 2 is 1.71 bits per heavy atom. The van der Waals surface area contributed by atoms with E-state index in [2.05, 4.69) is 11.9 Å². The van der Waals surface area contributed by atoms with Gasteiger partial charge in [0, 0.05) is 9.80 Å². The number of hydrogen-bond donors (Lipinski definition) is 1. The van der Waals surface area contributed by atoms with Crippen LogP contribution in [0, 0.1) is 6.92 Å². The maximum Gasteiger partial charge on any atom is 0.408 e. The Morgan fingerprint density at radius 1 is 1.11 bits per heavy atom. The molecule has 2 aromatic carbocycles. The van der Waals surface area contributed by atoms with Crippen LogP contribution in [-0.4, -0.2) is 15.9 Å². The zero-order valence-corrected chi connectivity index (χ0v) is 17.6. The van der Waals surface area contributed by atoms with E-state index >= 15 is 0 Å². The first-order valence-electron chi connectivity index (χ1n) is 9.07. The zero-order valence-electron chi connectivity index (χ0n) is 16.8. The average Bonchev–Trinajstić information content (AvgIpc) is 2.64. The average molecular weight is 398 g/mol. The van der Waals surface area contributed by atoms with Crippen molar-refractivity contribution in [3.63, 3.8) is 0 Å². The van der Waals surface area contributed by atoms with Crippen LogP contribution in [0.15, 0.2) is 83.1 Å². The molecule has 0 unspecified atom stereocenters. The van der Waals surface area contributed by atoms with Crippen LogP contribution in [0.25, 0.3) is 0 Å². The number of allylic oxidation sites excluding steroid dienone is 2. The molecule has 1 N–H and O–H groups in total. The molecule has 0 aliphatic heterocycles. The summed E-state index contributed by atoms with van der Waals surface area (Å²) in [7, 11) is -1.48. The van der Waals surface area contributed by atoms with Crippen LogP contribution < -0.4 is 5.32 Å². The number of aryl methyl sites for hydroxylation is 1. The minimum atomic E-state index is -1.48. The Morgan fingerprint density at radius 3 is 2.25 bits per heavy atom. The van der Waals surface area contributed by atoms with Gasteiger partial charge in [0.2, 0.25) is 0 Å². The summed E-state index contributed by atoms with van der Waals surface area (Å²) in [6, 6.07) is 16.3. The first-order chi connectivity index (χ1) is 13.2. The highest BCUT2D eigenvalue weighted by molar-refractivity contribution is 7.89. The van der Waals surface area contributed by atoms with Gasteiger partial charge in [-0.15, -0.1) is 0 Å². The normalized spacial score (nSPS) is 14.1. The van der Waals surface area contributed by atoms with Crippen molar-refractivity contribution in [2.24, 2.45) is 0 Å². The molecule has 4 nitrogen and oxygen atoms in total. The van der Waals surface area contributed by atoms with Crippen molar-refractivity contribution in [3.8, 4) is 0 Å². The van der Waals surface area contributed by atoms with Crippen molar-refractivity contribution < 1.29 is 13.7 Å². The lowest BCUT2D eigenvalue weighted by Crippen LogP contribution is -2.36. The first-order valence-corrected chi connectivity index (χ1v) is 10.2. The van der Waals surface area contributed by atoms with E-state index in [-0.39, 0.29) is 0 Å². The largest absolute Gasteiger partial charge is 0.444 e. The minimum absolute atomic E-state index is 0.524. The number of nitrogens with one attached hydrogen (secondary N) is 1. The van der Waals surface area contributed by atoms with Crippen LogP contribution in [0.4, 0.5) is 4.79 Å². The Labute approximate surface area is 169 Å². The van der Waals surface area contributed by atoms with Crippen LogP contribution in [0.1, 0.15) is 37.9 Å². The van der Waals surface area contributed by atoms with Crippen LogP contribution in [0.5, 0.6) is 0 Å². The van der Waals surface area contributed by atoms with Gasteiger partial charge in [0.15, 0.2) is 0 Å². The zero-order chi connectivity index (χ0) is 20.7. The van der Waals surface area contributed by atoms with E-state index in [0.29, 0.717) is 9.80 Å². The smallest absolute Gasteiger partial charge is 0.408 e. The van der Waals surface area contributed by atoms with Gasteiger partial charge in [0.05, 0.1) is 16.8 Å². The molecule has 0 aliphatic rings. The van der Waals surface area contributed by atoms with Crippen molar-refractivity contribution in [1.82, 2.24) is 5.32 Å². The van der Waals surface area contributed by atoms with Crippen molar-refractivity contribution in [2.75, 3.05) is 0 Å². The molecule has 0 aromatic heterocycles. The van der Waals surface area contributed by atoms with Crippen LogP contribution in [-0.2, 0) is 15.5 Å². The molecule has 0 bridgehead atoms. The fourth-order valence-electron chi connectivity index (χ4n) is 2.57. The molecule has 28 heavy (non-hydrogen) atoms. The molecule has 5 heteroatoms. The number of hydrogen-bond acceptors (Lipinski definition) is 3. The maximum atomic E-state index is 13.3. The molecule has 0 saturated heterocycles. The summed E-state index contributed by atoms with van der Waals surface area (Å²) in [6.45, 7) is 11.1. The third kappa shape index (κ3) is 6.20. The lowest BCUT2D eigenvalue weighted by Gasteiger charge is -2.25. The van der Waals surface area contributed by atoms with Crippen molar-refractivity contribution >= 4 is 16.9 Å². The monoisotopic (exact) mass is 397 g/mol. The van der Waals surface area contributed by atoms with Crippen LogP contribution in [0.3, 0.4) is 0 Å². The molecule has 0 saturated carbocycles. The SMILES string of the molecule is C=C/C=C(\[C@H](NC(=O)OC(C)(C)C)c1ccccc1)[S@@](=O)c1ccc(C)cc1. The standard InChI is InChI=1S/C23H27NO3S/c1-6-10-20(28(26)19-15-13-17(2)14-16-19)21(18-11-8-7-9-12-18)24-22(25)27-23(3,4)5/h6-16,21H,1H2,2-5H3,(H,24,25)/b20-10+/t21-,28+/m1/s1. The number of alkyl carbamates (subject to hydrolysis) is 1. The molecule has 0 radical (unpaired) electrons.